The number of benzene rings is 1. The quantitative estimate of drug-likeness (QED) is 0.598. The first-order valence-electron chi connectivity index (χ1n) is 8.22. The maximum absolute atomic E-state index is 5.90. The Balaban J connectivity index is 2.08. The molecule has 0 aliphatic heterocycles. The summed E-state index contributed by atoms with van der Waals surface area (Å²) in [6.45, 7) is 8.57. The molecular weight excluding hydrogens is 246 g/mol. The average Bonchev–Trinajstić information content (AvgIpc) is 2.47. The van der Waals surface area contributed by atoms with E-state index in [-0.39, 0.29) is 6.10 Å². The zero-order chi connectivity index (χ0) is 14.6. The van der Waals surface area contributed by atoms with Gasteiger partial charge in [0.15, 0.2) is 0 Å². The smallest absolute Gasteiger partial charge is 0.119 e. The Kier molecular flexibility index (Phi) is 9.14. The first-order valence-corrected chi connectivity index (χ1v) is 8.22. The zero-order valence-electron chi connectivity index (χ0n) is 13.5. The van der Waals surface area contributed by atoms with Crippen LogP contribution in [0.15, 0.2) is 24.3 Å². The number of nitrogens with one attached hydrogen (secondary N) is 1. The van der Waals surface area contributed by atoms with Crippen molar-refractivity contribution in [2.24, 2.45) is 0 Å². The largest absolute Gasteiger partial charge is 0.489 e. The second kappa shape index (κ2) is 10.7. The third-order valence-corrected chi connectivity index (χ3v) is 3.56. The monoisotopic (exact) mass is 277 g/mol. The van der Waals surface area contributed by atoms with Gasteiger partial charge in [-0.25, -0.2) is 0 Å². The summed E-state index contributed by atoms with van der Waals surface area (Å²) >= 11 is 0. The SMILES string of the molecule is CCCCCCCNCC(C)Oc1ccc(CC)cc1. The van der Waals surface area contributed by atoms with Gasteiger partial charge in [0, 0.05) is 6.54 Å². The van der Waals surface area contributed by atoms with Gasteiger partial charge in [-0.05, 0) is 44.0 Å². The Morgan fingerprint density at radius 1 is 1.00 bits per heavy atom. The van der Waals surface area contributed by atoms with E-state index in [4.69, 9.17) is 4.74 Å². The lowest BCUT2D eigenvalue weighted by atomic mass is 10.1. The van der Waals surface area contributed by atoms with E-state index in [0.29, 0.717) is 0 Å². The molecule has 0 radical (unpaired) electrons. The highest BCUT2D eigenvalue weighted by atomic mass is 16.5. The molecule has 114 valence electrons. The van der Waals surface area contributed by atoms with Crippen molar-refractivity contribution in [3.8, 4) is 5.75 Å². The van der Waals surface area contributed by atoms with Gasteiger partial charge in [0.2, 0.25) is 0 Å². The van der Waals surface area contributed by atoms with E-state index in [9.17, 15) is 0 Å². The van der Waals surface area contributed by atoms with Gasteiger partial charge in [-0.3, -0.25) is 0 Å². The van der Waals surface area contributed by atoms with Crippen molar-refractivity contribution in [1.29, 1.82) is 0 Å². The maximum Gasteiger partial charge on any atom is 0.119 e. The Morgan fingerprint density at radius 2 is 1.70 bits per heavy atom. The van der Waals surface area contributed by atoms with Crippen molar-refractivity contribution in [1.82, 2.24) is 5.32 Å². The van der Waals surface area contributed by atoms with Crippen LogP contribution in [0.1, 0.15) is 58.4 Å². The Hall–Kier alpha value is -1.02. The number of rotatable bonds is 11. The van der Waals surface area contributed by atoms with E-state index >= 15 is 0 Å². The van der Waals surface area contributed by atoms with Crippen molar-refractivity contribution in [3.05, 3.63) is 29.8 Å². The van der Waals surface area contributed by atoms with Crippen LogP contribution in [0, 0.1) is 0 Å². The summed E-state index contributed by atoms with van der Waals surface area (Å²) in [5.74, 6) is 0.972. The molecule has 0 saturated heterocycles. The van der Waals surface area contributed by atoms with Crippen LogP contribution in [-0.4, -0.2) is 19.2 Å². The summed E-state index contributed by atoms with van der Waals surface area (Å²) in [4.78, 5) is 0. The predicted octanol–water partition coefficient (Wildman–Crippen LogP) is 4.58. The molecule has 20 heavy (non-hydrogen) atoms. The third-order valence-electron chi connectivity index (χ3n) is 3.56. The molecule has 0 aliphatic carbocycles. The van der Waals surface area contributed by atoms with Crippen molar-refractivity contribution in [2.45, 2.75) is 65.4 Å². The highest BCUT2D eigenvalue weighted by molar-refractivity contribution is 5.27. The molecule has 2 nitrogen and oxygen atoms in total. The van der Waals surface area contributed by atoms with Crippen LogP contribution < -0.4 is 10.1 Å². The molecule has 1 aromatic rings. The molecule has 1 aromatic carbocycles. The average molecular weight is 277 g/mol. The van der Waals surface area contributed by atoms with E-state index in [1.807, 2.05) is 0 Å². The maximum atomic E-state index is 5.90. The van der Waals surface area contributed by atoms with Crippen molar-refractivity contribution in [3.63, 3.8) is 0 Å². The molecule has 0 fully saturated rings. The molecule has 1 rings (SSSR count). The number of unbranched alkanes of at least 4 members (excludes halogenated alkanes) is 4. The molecule has 1 atom stereocenters. The Morgan fingerprint density at radius 3 is 2.35 bits per heavy atom. The van der Waals surface area contributed by atoms with Gasteiger partial charge in [0.05, 0.1) is 0 Å². The summed E-state index contributed by atoms with van der Waals surface area (Å²) in [5.41, 5.74) is 1.36. The van der Waals surface area contributed by atoms with Crippen molar-refractivity contribution in [2.75, 3.05) is 13.1 Å². The van der Waals surface area contributed by atoms with Gasteiger partial charge < -0.3 is 10.1 Å². The van der Waals surface area contributed by atoms with Gasteiger partial charge >= 0.3 is 0 Å². The number of aryl methyl sites for hydroxylation is 1. The summed E-state index contributed by atoms with van der Waals surface area (Å²) in [5, 5.41) is 3.48. The van der Waals surface area contributed by atoms with E-state index in [1.165, 1.54) is 37.7 Å². The van der Waals surface area contributed by atoms with Crippen LogP contribution in [0.3, 0.4) is 0 Å². The van der Waals surface area contributed by atoms with E-state index < -0.39 is 0 Å². The topological polar surface area (TPSA) is 21.3 Å². The molecule has 0 aliphatic rings. The van der Waals surface area contributed by atoms with Crippen LogP contribution in [0.2, 0.25) is 0 Å². The minimum Gasteiger partial charge on any atom is -0.489 e. The fraction of sp³-hybridized carbons (Fsp3) is 0.667. The Labute approximate surface area is 124 Å². The molecule has 2 heteroatoms. The van der Waals surface area contributed by atoms with Gasteiger partial charge in [0.25, 0.3) is 0 Å². The zero-order valence-corrected chi connectivity index (χ0v) is 13.5. The van der Waals surface area contributed by atoms with Gasteiger partial charge in [-0.2, -0.15) is 0 Å². The van der Waals surface area contributed by atoms with E-state index in [0.717, 1.165) is 25.3 Å². The Bertz CT molecular complexity index is 334. The third kappa shape index (κ3) is 7.54. The minimum atomic E-state index is 0.220. The van der Waals surface area contributed by atoms with Crippen LogP contribution in [0.25, 0.3) is 0 Å². The standard InChI is InChI=1S/C18H31NO/c1-4-6-7-8-9-14-19-15-16(3)20-18-12-10-17(5-2)11-13-18/h10-13,16,19H,4-9,14-15H2,1-3H3. The lowest BCUT2D eigenvalue weighted by molar-refractivity contribution is 0.217. The summed E-state index contributed by atoms with van der Waals surface area (Å²) < 4.78 is 5.90. The second-order valence-electron chi connectivity index (χ2n) is 5.54. The minimum absolute atomic E-state index is 0.220. The van der Waals surface area contributed by atoms with Crippen molar-refractivity contribution < 1.29 is 4.74 Å². The van der Waals surface area contributed by atoms with Crippen LogP contribution in [-0.2, 0) is 6.42 Å². The number of ether oxygens (including phenoxy) is 1. The van der Waals surface area contributed by atoms with E-state index in [2.05, 4.69) is 50.4 Å². The first-order chi connectivity index (χ1) is 9.76. The summed E-state index contributed by atoms with van der Waals surface area (Å²) in [6.07, 6.45) is 7.97. The lowest BCUT2D eigenvalue weighted by Crippen LogP contribution is -2.29. The van der Waals surface area contributed by atoms with Crippen LogP contribution >= 0.6 is 0 Å². The van der Waals surface area contributed by atoms with Crippen LogP contribution in [0.5, 0.6) is 5.75 Å². The van der Waals surface area contributed by atoms with Crippen molar-refractivity contribution >= 4 is 0 Å². The molecule has 0 aromatic heterocycles. The van der Waals surface area contributed by atoms with Crippen LogP contribution in [0.4, 0.5) is 0 Å². The second-order valence-corrected chi connectivity index (χ2v) is 5.54. The normalized spacial score (nSPS) is 12.3. The number of hydrogen-bond acceptors (Lipinski definition) is 2. The molecule has 1 N–H and O–H groups in total. The molecule has 1 unspecified atom stereocenters. The van der Waals surface area contributed by atoms with Gasteiger partial charge in [0.1, 0.15) is 11.9 Å². The van der Waals surface area contributed by atoms with E-state index in [1.54, 1.807) is 0 Å². The molecule has 0 heterocycles. The summed E-state index contributed by atoms with van der Waals surface area (Å²) in [6, 6.07) is 8.42. The molecule has 0 spiro atoms. The fourth-order valence-electron chi connectivity index (χ4n) is 2.24. The highest BCUT2D eigenvalue weighted by Gasteiger charge is 2.03. The number of hydrogen-bond donors (Lipinski definition) is 1. The fourth-order valence-corrected chi connectivity index (χ4v) is 2.24. The predicted molar refractivity (Wildman–Crippen MR) is 87.5 cm³/mol. The summed E-state index contributed by atoms with van der Waals surface area (Å²) in [7, 11) is 0. The molecular formula is C18H31NO. The lowest BCUT2D eigenvalue weighted by Gasteiger charge is -2.15. The van der Waals surface area contributed by atoms with Gasteiger partial charge in [-0.15, -0.1) is 0 Å². The molecule has 0 bridgehead atoms. The highest BCUT2D eigenvalue weighted by Crippen LogP contribution is 2.14. The molecule has 0 saturated carbocycles. The van der Waals surface area contributed by atoms with Gasteiger partial charge in [-0.1, -0.05) is 51.7 Å². The first kappa shape index (κ1) is 17.0. The molecule has 0 amide bonds.